The van der Waals surface area contributed by atoms with Gasteiger partial charge in [-0.25, -0.2) is 0 Å². The molecule has 8 N–H and O–H groups in total. The molecule has 18 heteroatoms. The van der Waals surface area contributed by atoms with Crippen LogP contribution >= 0.6 is 0 Å². The number of nitrogens with zero attached hydrogens (tertiary/aromatic N) is 10. The van der Waals surface area contributed by atoms with Crippen LogP contribution in [0.4, 0.5) is 0 Å². The minimum absolute atomic E-state index is 0.395. The second-order valence-electron chi connectivity index (χ2n) is 4.11. The average Bonchev–Trinajstić information content (AvgIpc) is 2.71. The lowest BCUT2D eigenvalue weighted by Gasteiger charge is -2.26. The number of amidine groups is 4. The van der Waals surface area contributed by atoms with Crippen LogP contribution in [0.3, 0.4) is 0 Å². The summed E-state index contributed by atoms with van der Waals surface area (Å²) < 4.78 is 0. The number of hydrogen-bond acceptors (Lipinski definition) is 16. The second-order valence-corrected chi connectivity index (χ2v) is 4.11. The Kier molecular flexibility index (Phi) is 11.4. The summed E-state index contributed by atoms with van der Waals surface area (Å²) in [4.78, 5) is 1.64. The van der Waals surface area contributed by atoms with E-state index < -0.39 is 36.4 Å². The lowest BCUT2D eigenvalue weighted by atomic mass is 10.3. The van der Waals surface area contributed by atoms with Gasteiger partial charge in [-0.1, -0.05) is 41.2 Å². The lowest BCUT2D eigenvalue weighted by molar-refractivity contribution is 0.294. The highest BCUT2D eigenvalue weighted by molar-refractivity contribution is 6.42. The van der Waals surface area contributed by atoms with Gasteiger partial charge in [0, 0.05) is 13.1 Å². The molecular weight excluding hydrogens is 388 g/mol. The molecular formula is C10H16N10O8. The van der Waals surface area contributed by atoms with Gasteiger partial charge in [0.05, 0.1) is 0 Å². The molecule has 0 saturated heterocycles. The molecule has 18 nitrogen and oxygen atoms in total. The van der Waals surface area contributed by atoms with Crippen LogP contribution in [0.2, 0.25) is 0 Å². The molecule has 0 spiro atoms. The molecule has 0 saturated carbocycles. The van der Waals surface area contributed by atoms with Crippen LogP contribution in [-0.4, -0.2) is 113 Å². The van der Waals surface area contributed by atoms with Crippen molar-refractivity contribution in [3.63, 3.8) is 0 Å². The Balaban J connectivity index is 6.04. The summed E-state index contributed by atoms with van der Waals surface area (Å²) in [6.45, 7) is -0.791. The van der Waals surface area contributed by atoms with Gasteiger partial charge in [0.1, 0.15) is 24.9 Å². The number of hydrogen-bond donors (Lipinski definition) is 8. The van der Waals surface area contributed by atoms with Crippen molar-refractivity contribution >= 4 is 48.2 Å². The van der Waals surface area contributed by atoms with Gasteiger partial charge < -0.3 is 51.5 Å². The Labute approximate surface area is 155 Å². The van der Waals surface area contributed by atoms with Crippen molar-refractivity contribution in [2.75, 3.05) is 13.1 Å². The molecule has 0 rings (SSSR count). The van der Waals surface area contributed by atoms with Crippen molar-refractivity contribution in [1.29, 1.82) is 0 Å². The minimum Gasteiger partial charge on any atom is -0.411 e. The Morgan fingerprint density at radius 1 is 0.464 bits per heavy atom. The van der Waals surface area contributed by atoms with Crippen molar-refractivity contribution in [3.05, 3.63) is 0 Å². The number of rotatable bonds is 7. The summed E-state index contributed by atoms with van der Waals surface area (Å²) in [5.74, 6) is -2.09. The van der Waals surface area contributed by atoms with Crippen LogP contribution in [0.25, 0.3) is 0 Å². The van der Waals surface area contributed by atoms with Gasteiger partial charge in [0.2, 0.25) is 0 Å². The van der Waals surface area contributed by atoms with Gasteiger partial charge >= 0.3 is 0 Å². The molecule has 0 aliphatic heterocycles. The van der Waals surface area contributed by atoms with E-state index in [9.17, 15) is 0 Å². The summed E-state index contributed by atoms with van der Waals surface area (Å²) in [5.41, 5.74) is 0. The van der Waals surface area contributed by atoms with E-state index in [2.05, 4.69) is 41.2 Å². The van der Waals surface area contributed by atoms with Crippen molar-refractivity contribution in [3.8, 4) is 0 Å². The second kappa shape index (κ2) is 13.6. The topological polar surface area (TPSA) is 267 Å². The smallest absolute Gasteiger partial charge is 0.195 e. The molecule has 0 amide bonds. The molecule has 0 aliphatic carbocycles. The summed E-state index contributed by atoms with van der Waals surface area (Å²) in [6.07, 6.45) is 2.47. The van der Waals surface area contributed by atoms with Gasteiger partial charge in [-0.05, 0) is 0 Å². The van der Waals surface area contributed by atoms with Gasteiger partial charge in [-0.3, -0.25) is 0 Å². The molecule has 0 atom stereocenters. The molecule has 28 heavy (non-hydrogen) atoms. The maximum Gasteiger partial charge on any atom is 0.195 e. The van der Waals surface area contributed by atoms with E-state index in [1.165, 1.54) is 0 Å². The number of oxime groups is 8. The zero-order valence-corrected chi connectivity index (χ0v) is 13.8. The zero-order chi connectivity index (χ0) is 21.4. The Morgan fingerprint density at radius 3 is 0.821 bits per heavy atom. The average molecular weight is 404 g/mol. The molecule has 0 aliphatic rings. The molecule has 0 aromatic carbocycles. The standard InChI is InChI=1S/C10H16N10O8/c21-11-3-7(15-25)19(8(16-26)4-12-22)1-2-20(9(17-27)5-13-23)10(18-28)6-14-24/h3-6,21-28H,1-2H2. The Morgan fingerprint density at radius 2 is 0.679 bits per heavy atom. The molecule has 0 fully saturated rings. The first-order valence-corrected chi connectivity index (χ1v) is 6.71. The third-order valence-corrected chi connectivity index (χ3v) is 2.76. The van der Waals surface area contributed by atoms with E-state index in [0.29, 0.717) is 24.9 Å². The SMILES string of the molecule is ON=CC(=NO)N(CCN(C(C=NO)=NO)C(C=NO)=NO)C(C=NO)=NO. The van der Waals surface area contributed by atoms with Crippen LogP contribution in [0.5, 0.6) is 0 Å². The van der Waals surface area contributed by atoms with Crippen LogP contribution in [0, 0.1) is 0 Å². The molecule has 0 aromatic rings. The third-order valence-electron chi connectivity index (χ3n) is 2.76. The van der Waals surface area contributed by atoms with E-state index in [1.54, 1.807) is 0 Å². The van der Waals surface area contributed by atoms with Gasteiger partial charge in [0.15, 0.2) is 23.3 Å². The zero-order valence-electron chi connectivity index (χ0n) is 13.8. The van der Waals surface area contributed by atoms with Crippen LogP contribution in [-0.2, 0) is 0 Å². The first kappa shape index (κ1) is 23.4. The van der Waals surface area contributed by atoms with Gasteiger partial charge in [-0.15, -0.1) is 0 Å². The van der Waals surface area contributed by atoms with E-state index in [4.69, 9.17) is 41.7 Å². The maximum absolute atomic E-state index is 9.04. The van der Waals surface area contributed by atoms with Crippen molar-refractivity contribution in [2.45, 2.75) is 0 Å². The van der Waals surface area contributed by atoms with E-state index in [-0.39, 0.29) is 0 Å². The highest BCUT2D eigenvalue weighted by Gasteiger charge is 2.23. The van der Waals surface area contributed by atoms with Crippen molar-refractivity contribution in [1.82, 2.24) is 9.80 Å². The van der Waals surface area contributed by atoms with E-state index in [1.807, 2.05) is 0 Å². The molecule has 0 aromatic heterocycles. The normalized spacial score (nSPS) is 14.7. The van der Waals surface area contributed by atoms with Crippen LogP contribution in [0.1, 0.15) is 0 Å². The highest BCUT2D eigenvalue weighted by Crippen LogP contribution is 2.00. The van der Waals surface area contributed by atoms with Crippen LogP contribution < -0.4 is 0 Å². The first-order chi connectivity index (χ1) is 13.6. The minimum atomic E-state index is -0.522. The molecule has 0 radical (unpaired) electrons. The van der Waals surface area contributed by atoms with Crippen molar-refractivity contribution in [2.24, 2.45) is 41.2 Å². The third kappa shape index (κ3) is 6.70. The fraction of sp³-hybridized carbons (Fsp3) is 0.200. The Bertz CT molecular complexity index is 597. The fourth-order valence-corrected chi connectivity index (χ4v) is 1.70. The highest BCUT2D eigenvalue weighted by atomic mass is 16.5. The van der Waals surface area contributed by atoms with E-state index >= 15 is 0 Å². The summed E-state index contributed by atoms with van der Waals surface area (Å²) in [5, 5.41) is 92.4. The van der Waals surface area contributed by atoms with Gasteiger partial charge in [-0.2, -0.15) is 0 Å². The van der Waals surface area contributed by atoms with E-state index in [0.717, 1.165) is 9.80 Å². The summed E-state index contributed by atoms with van der Waals surface area (Å²) in [7, 11) is 0. The maximum atomic E-state index is 9.04. The summed E-state index contributed by atoms with van der Waals surface area (Å²) >= 11 is 0. The lowest BCUT2D eigenvalue weighted by Crippen LogP contribution is -2.47. The summed E-state index contributed by atoms with van der Waals surface area (Å²) in [6, 6.07) is 0. The predicted octanol–water partition coefficient (Wildman–Crippen LogP) is -1.42. The molecule has 0 heterocycles. The monoisotopic (exact) mass is 404 g/mol. The molecule has 154 valence electrons. The molecule has 0 unspecified atom stereocenters. The quantitative estimate of drug-likeness (QED) is 0.106. The fourth-order valence-electron chi connectivity index (χ4n) is 1.70. The van der Waals surface area contributed by atoms with Gasteiger partial charge in [0.25, 0.3) is 0 Å². The van der Waals surface area contributed by atoms with Crippen LogP contribution in [0.15, 0.2) is 41.2 Å². The molecule has 0 bridgehead atoms. The van der Waals surface area contributed by atoms with Crippen molar-refractivity contribution < 1.29 is 41.7 Å². The largest absolute Gasteiger partial charge is 0.411 e. The predicted molar refractivity (Wildman–Crippen MR) is 91.4 cm³/mol. The first-order valence-electron chi connectivity index (χ1n) is 6.71. The Hall–Kier alpha value is -4.64.